The summed E-state index contributed by atoms with van der Waals surface area (Å²) in [6.07, 6.45) is 1.07. The molecule has 1 fully saturated rings. The Hall–Kier alpha value is -5.53. The maximum Gasteiger partial charge on any atom is 0.336 e. The van der Waals surface area contributed by atoms with Crippen molar-refractivity contribution in [1.82, 2.24) is 5.32 Å². The van der Waals surface area contributed by atoms with Crippen molar-refractivity contribution in [3.8, 4) is 22.8 Å². The molecule has 1 N–H and O–H groups in total. The van der Waals surface area contributed by atoms with Crippen LogP contribution in [0.25, 0.3) is 17.4 Å². The number of urea groups is 1. The first kappa shape index (κ1) is 26.5. The Morgan fingerprint density at radius 2 is 1.69 bits per heavy atom. The van der Waals surface area contributed by atoms with Crippen molar-refractivity contribution in [1.29, 1.82) is 0 Å². The molecule has 4 rings (SSSR count). The highest BCUT2D eigenvalue weighted by atomic mass is 16.6. The minimum absolute atomic E-state index is 0.0388. The molecule has 0 aliphatic carbocycles. The number of nitrogens with zero attached hydrogens (tertiary/aromatic N) is 3. The van der Waals surface area contributed by atoms with Crippen LogP contribution >= 0.6 is 0 Å². The third-order valence-electron chi connectivity index (χ3n) is 5.45. The molecule has 0 radical (unpaired) electrons. The third-order valence-corrected chi connectivity index (χ3v) is 5.45. The molecule has 1 aliphatic heterocycles. The van der Waals surface area contributed by atoms with Crippen LogP contribution in [0.2, 0.25) is 0 Å². The van der Waals surface area contributed by atoms with Crippen molar-refractivity contribution < 1.29 is 38.1 Å². The van der Waals surface area contributed by atoms with Gasteiger partial charge in [0.05, 0.1) is 40.4 Å². The Morgan fingerprint density at radius 3 is 2.36 bits per heavy atom. The van der Waals surface area contributed by atoms with Crippen molar-refractivity contribution in [2.24, 2.45) is 0 Å². The Kier molecular flexibility index (Phi) is 7.37. The SMILES string of the molecule is CCOc1ccc(OCC)c(N2C(=O)NC(=O)/C(=C\c3ccc(-c4ccc([N+](=O)[O-])cc4[N+](=O)[O-])o3)C2=O)c1. The minimum atomic E-state index is -1.00. The lowest BCUT2D eigenvalue weighted by Crippen LogP contribution is -2.54. The summed E-state index contributed by atoms with van der Waals surface area (Å²) in [6, 6.07) is 9.28. The predicted molar refractivity (Wildman–Crippen MR) is 135 cm³/mol. The Bertz CT molecular complexity index is 1540. The highest BCUT2D eigenvalue weighted by molar-refractivity contribution is 6.39. The number of hydrogen-bond acceptors (Lipinski definition) is 10. The standard InChI is InChI=1S/C25H20N4O10/c1-3-37-15-6-10-22(38-4-2)20(13-15)27-24(31)18(23(30)26-25(27)32)12-16-7-9-21(39-16)17-8-5-14(28(33)34)11-19(17)29(35)36/h5-13H,3-4H2,1-2H3,(H,26,30,32)/b18-12+. The van der Waals surface area contributed by atoms with Crippen LogP contribution in [0.4, 0.5) is 21.9 Å². The van der Waals surface area contributed by atoms with Gasteiger partial charge in [0, 0.05) is 12.1 Å². The molecule has 200 valence electrons. The number of anilines is 1. The number of barbiturate groups is 1. The second-order valence-electron chi connectivity index (χ2n) is 7.87. The number of rotatable bonds is 9. The summed E-state index contributed by atoms with van der Waals surface area (Å²) < 4.78 is 16.6. The monoisotopic (exact) mass is 536 g/mol. The highest BCUT2D eigenvalue weighted by Gasteiger charge is 2.38. The zero-order valence-corrected chi connectivity index (χ0v) is 20.5. The first-order chi connectivity index (χ1) is 18.6. The molecule has 4 amide bonds. The lowest BCUT2D eigenvalue weighted by Gasteiger charge is -2.28. The van der Waals surface area contributed by atoms with Gasteiger partial charge >= 0.3 is 6.03 Å². The van der Waals surface area contributed by atoms with Gasteiger partial charge < -0.3 is 13.9 Å². The third kappa shape index (κ3) is 5.29. The molecule has 1 aliphatic rings. The summed E-state index contributed by atoms with van der Waals surface area (Å²) in [4.78, 5) is 60.4. The summed E-state index contributed by atoms with van der Waals surface area (Å²) >= 11 is 0. The fourth-order valence-corrected chi connectivity index (χ4v) is 3.79. The van der Waals surface area contributed by atoms with Gasteiger partial charge in [0.25, 0.3) is 23.2 Å². The van der Waals surface area contributed by atoms with Crippen LogP contribution in [0.1, 0.15) is 19.6 Å². The smallest absolute Gasteiger partial charge is 0.336 e. The summed E-state index contributed by atoms with van der Waals surface area (Å²) in [5.41, 5.74) is -1.52. The van der Waals surface area contributed by atoms with Crippen molar-refractivity contribution in [3.05, 3.63) is 80.1 Å². The van der Waals surface area contributed by atoms with Crippen molar-refractivity contribution in [2.45, 2.75) is 13.8 Å². The number of amides is 4. The molecular formula is C25H20N4O10. The fourth-order valence-electron chi connectivity index (χ4n) is 3.79. The van der Waals surface area contributed by atoms with Crippen LogP contribution in [0.15, 0.2) is 58.5 Å². The molecular weight excluding hydrogens is 516 g/mol. The van der Waals surface area contributed by atoms with E-state index in [-0.39, 0.29) is 35.1 Å². The fraction of sp³-hybridized carbons (Fsp3) is 0.160. The molecule has 0 spiro atoms. The molecule has 0 bridgehead atoms. The van der Waals surface area contributed by atoms with Crippen LogP contribution in [-0.2, 0) is 9.59 Å². The molecule has 14 nitrogen and oxygen atoms in total. The number of hydrogen-bond donors (Lipinski definition) is 1. The van der Waals surface area contributed by atoms with Gasteiger partial charge in [0.2, 0.25) is 0 Å². The number of nitro groups is 2. The molecule has 1 saturated heterocycles. The van der Waals surface area contributed by atoms with Gasteiger partial charge in [-0.25, -0.2) is 9.69 Å². The van der Waals surface area contributed by atoms with Gasteiger partial charge in [-0.15, -0.1) is 0 Å². The molecule has 0 saturated carbocycles. The summed E-state index contributed by atoms with van der Waals surface area (Å²) in [6.45, 7) is 4.04. The van der Waals surface area contributed by atoms with Gasteiger partial charge in [0.1, 0.15) is 28.6 Å². The van der Waals surface area contributed by atoms with E-state index >= 15 is 0 Å². The summed E-state index contributed by atoms with van der Waals surface area (Å²) in [7, 11) is 0. The molecule has 0 unspecified atom stereocenters. The second-order valence-corrected chi connectivity index (χ2v) is 7.87. The number of benzene rings is 2. The van der Waals surface area contributed by atoms with E-state index in [4.69, 9.17) is 13.9 Å². The first-order valence-electron chi connectivity index (χ1n) is 11.5. The Balaban J connectivity index is 1.73. The van der Waals surface area contributed by atoms with E-state index in [2.05, 4.69) is 5.32 Å². The number of carbonyl (C=O) groups is 3. The molecule has 2 heterocycles. The van der Waals surface area contributed by atoms with Crippen LogP contribution in [0.5, 0.6) is 11.5 Å². The van der Waals surface area contributed by atoms with Gasteiger partial charge in [-0.1, -0.05) is 0 Å². The summed E-state index contributed by atoms with van der Waals surface area (Å²) in [5.74, 6) is -1.48. The minimum Gasteiger partial charge on any atom is -0.494 e. The zero-order chi connectivity index (χ0) is 28.3. The predicted octanol–water partition coefficient (Wildman–Crippen LogP) is 4.23. The largest absolute Gasteiger partial charge is 0.494 e. The van der Waals surface area contributed by atoms with E-state index in [9.17, 15) is 34.6 Å². The Morgan fingerprint density at radius 1 is 0.949 bits per heavy atom. The lowest BCUT2D eigenvalue weighted by molar-refractivity contribution is -0.393. The quantitative estimate of drug-likeness (QED) is 0.180. The number of nitrogens with one attached hydrogen (secondary N) is 1. The number of imide groups is 2. The molecule has 39 heavy (non-hydrogen) atoms. The van der Waals surface area contributed by atoms with Crippen molar-refractivity contribution >= 4 is 41.0 Å². The molecule has 0 atom stereocenters. The van der Waals surface area contributed by atoms with E-state index in [1.165, 1.54) is 24.3 Å². The topological polar surface area (TPSA) is 184 Å². The van der Waals surface area contributed by atoms with Crippen LogP contribution in [0.3, 0.4) is 0 Å². The number of nitro benzene ring substituents is 2. The van der Waals surface area contributed by atoms with E-state index in [1.807, 2.05) is 0 Å². The second kappa shape index (κ2) is 10.8. The van der Waals surface area contributed by atoms with Gasteiger partial charge in [-0.2, -0.15) is 0 Å². The van der Waals surface area contributed by atoms with Crippen LogP contribution in [-0.4, -0.2) is 40.9 Å². The Labute approximate surface area is 219 Å². The molecule has 3 aromatic rings. The van der Waals surface area contributed by atoms with E-state index in [0.29, 0.717) is 12.4 Å². The van der Waals surface area contributed by atoms with Gasteiger partial charge in [0.15, 0.2) is 0 Å². The molecule has 1 aromatic heterocycles. The van der Waals surface area contributed by atoms with E-state index in [0.717, 1.165) is 29.2 Å². The number of furan rings is 1. The summed E-state index contributed by atoms with van der Waals surface area (Å²) in [5, 5.41) is 24.6. The highest BCUT2D eigenvalue weighted by Crippen LogP contribution is 2.36. The lowest BCUT2D eigenvalue weighted by atomic mass is 10.1. The van der Waals surface area contributed by atoms with E-state index < -0.39 is 44.6 Å². The number of carbonyl (C=O) groups excluding carboxylic acids is 3. The van der Waals surface area contributed by atoms with Crippen LogP contribution in [0, 0.1) is 20.2 Å². The maximum absolute atomic E-state index is 13.4. The first-order valence-corrected chi connectivity index (χ1v) is 11.5. The molecule has 2 aromatic carbocycles. The van der Waals surface area contributed by atoms with E-state index in [1.54, 1.807) is 19.9 Å². The van der Waals surface area contributed by atoms with Gasteiger partial charge in [-0.05, 0) is 50.3 Å². The number of non-ortho nitro benzene ring substituents is 1. The van der Waals surface area contributed by atoms with Crippen molar-refractivity contribution in [3.63, 3.8) is 0 Å². The average Bonchev–Trinajstić information content (AvgIpc) is 3.36. The van der Waals surface area contributed by atoms with Gasteiger partial charge in [-0.3, -0.25) is 35.1 Å². The zero-order valence-electron chi connectivity index (χ0n) is 20.5. The van der Waals surface area contributed by atoms with Crippen LogP contribution < -0.4 is 19.7 Å². The molecule has 14 heteroatoms. The number of ether oxygens (including phenoxy) is 2. The van der Waals surface area contributed by atoms with Crippen molar-refractivity contribution in [2.75, 3.05) is 18.1 Å². The average molecular weight is 536 g/mol. The maximum atomic E-state index is 13.4. The normalized spacial score (nSPS) is 14.4.